The van der Waals surface area contributed by atoms with Gasteiger partial charge in [0.15, 0.2) is 0 Å². The maximum absolute atomic E-state index is 13.2. The molecule has 4 aromatic rings. The second kappa shape index (κ2) is 7.86. The Morgan fingerprint density at radius 2 is 1.00 bits per heavy atom. The van der Waals surface area contributed by atoms with Crippen LogP contribution in [0.1, 0.15) is 22.3 Å². The maximum atomic E-state index is 13.2. The van der Waals surface area contributed by atoms with E-state index in [1.54, 1.807) is 18.2 Å². The molecule has 0 radical (unpaired) electrons. The lowest BCUT2D eigenvalue weighted by Crippen LogP contribution is -1.97. The zero-order valence-electron chi connectivity index (χ0n) is 16.8. The van der Waals surface area contributed by atoms with Crippen LogP contribution < -0.4 is 0 Å². The zero-order valence-corrected chi connectivity index (χ0v) is 17.6. The van der Waals surface area contributed by atoms with Crippen LogP contribution in [0.5, 0.6) is 0 Å². The highest BCUT2D eigenvalue weighted by Gasteiger charge is 2.33. The van der Waals surface area contributed by atoms with Crippen molar-refractivity contribution >= 4 is 34.1 Å². The van der Waals surface area contributed by atoms with E-state index in [9.17, 15) is 8.42 Å². The predicted molar refractivity (Wildman–Crippen MR) is 128 cm³/mol. The van der Waals surface area contributed by atoms with Crippen molar-refractivity contribution in [3.05, 3.63) is 119 Å². The third-order valence-corrected chi connectivity index (χ3v) is 7.30. The van der Waals surface area contributed by atoms with Crippen molar-refractivity contribution in [3.8, 4) is 11.1 Å². The van der Waals surface area contributed by atoms with Crippen molar-refractivity contribution in [3.63, 3.8) is 0 Å². The van der Waals surface area contributed by atoms with Crippen molar-refractivity contribution in [2.45, 2.75) is 9.79 Å². The Bertz CT molecular complexity index is 1410. The standard InChI is InChI=1S/C28H20O2S/c29-31(30)27-14-8-7-13-25(27)26-19-23(17-15-21-9-3-1-4-10-21)24(20-28(26)31)18-16-22-11-5-2-6-12-22/h1-20H. The second-order valence-electron chi connectivity index (χ2n) is 7.46. The quantitative estimate of drug-likeness (QED) is 0.298. The van der Waals surface area contributed by atoms with Gasteiger partial charge in [0.2, 0.25) is 9.84 Å². The highest BCUT2D eigenvalue weighted by Crippen LogP contribution is 2.44. The van der Waals surface area contributed by atoms with Crippen molar-refractivity contribution in [1.29, 1.82) is 0 Å². The van der Waals surface area contributed by atoms with Crippen molar-refractivity contribution in [1.82, 2.24) is 0 Å². The van der Waals surface area contributed by atoms with Gasteiger partial charge in [0.05, 0.1) is 9.79 Å². The van der Waals surface area contributed by atoms with Crippen molar-refractivity contribution in [2.75, 3.05) is 0 Å². The summed E-state index contributed by atoms with van der Waals surface area (Å²) >= 11 is 0. The third-order valence-electron chi connectivity index (χ3n) is 5.45. The van der Waals surface area contributed by atoms with E-state index in [0.29, 0.717) is 9.79 Å². The minimum atomic E-state index is -3.51. The Kier molecular flexibility index (Phi) is 4.89. The molecule has 1 aliphatic heterocycles. The van der Waals surface area contributed by atoms with Crippen LogP contribution >= 0.6 is 0 Å². The van der Waals surface area contributed by atoms with Gasteiger partial charge in [-0.15, -0.1) is 0 Å². The highest BCUT2D eigenvalue weighted by molar-refractivity contribution is 7.92. The fourth-order valence-electron chi connectivity index (χ4n) is 3.88. The molecule has 4 aromatic carbocycles. The summed E-state index contributed by atoms with van der Waals surface area (Å²) in [4.78, 5) is 0.755. The van der Waals surface area contributed by atoms with Crippen LogP contribution in [0.25, 0.3) is 35.4 Å². The van der Waals surface area contributed by atoms with Crippen LogP contribution in [-0.4, -0.2) is 8.42 Å². The first-order valence-electron chi connectivity index (χ1n) is 10.1. The first-order chi connectivity index (χ1) is 15.1. The SMILES string of the molecule is O=S1(=O)c2ccccc2-c2cc(C=Cc3ccccc3)c(C=Cc3ccccc3)cc21. The van der Waals surface area contributed by atoms with E-state index >= 15 is 0 Å². The van der Waals surface area contributed by atoms with Gasteiger partial charge in [0.1, 0.15) is 0 Å². The monoisotopic (exact) mass is 420 g/mol. The van der Waals surface area contributed by atoms with Gasteiger partial charge in [0, 0.05) is 11.1 Å². The topological polar surface area (TPSA) is 34.1 Å². The molecule has 0 saturated carbocycles. The Labute approximate surface area is 182 Å². The lowest BCUT2D eigenvalue weighted by Gasteiger charge is -2.07. The molecule has 0 atom stereocenters. The second-order valence-corrected chi connectivity index (χ2v) is 9.35. The molecule has 1 heterocycles. The summed E-state index contributed by atoms with van der Waals surface area (Å²) in [5.74, 6) is 0. The lowest BCUT2D eigenvalue weighted by atomic mass is 9.97. The van der Waals surface area contributed by atoms with Crippen molar-refractivity contribution < 1.29 is 8.42 Å². The molecular formula is C28H20O2S. The molecule has 3 heteroatoms. The Hall–Kier alpha value is -3.69. The summed E-state index contributed by atoms with van der Waals surface area (Å²) in [7, 11) is -3.51. The first-order valence-corrected chi connectivity index (χ1v) is 11.6. The number of fused-ring (bicyclic) bond motifs is 3. The van der Waals surface area contributed by atoms with Gasteiger partial charge in [0.25, 0.3) is 0 Å². The fourth-order valence-corrected chi connectivity index (χ4v) is 5.58. The summed E-state index contributed by atoms with van der Waals surface area (Å²) in [6.07, 6.45) is 8.10. The highest BCUT2D eigenvalue weighted by atomic mass is 32.2. The van der Waals surface area contributed by atoms with Crippen LogP contribution in [0.4, 0.5) is 0 Å². The minimum Gasteiger partial charge on any atom is -0.218 e. The number of hydrogen-bond acceptors (Lipinski definition) is 2. The van der Waals surface area contributed by atoms with E-state index in [2.05, 4.69) is 6.08 Å². The molecule has 0 N–H and O–H groups in total. The first kappa shape index (κ1) is 19.3. The molecule has 31 heavy (non-hydrogen) atoms. The fraction of sp³-hybridized carbons (Fsp3) is 0. The van der Waals surface area contributed by atoms with Crippen LogP contribution in [0.2, 0.25) is 0 Å². The van der Waals surface area contributed by atoms with Gasteiger partial charge in [-0.3, -0.25) is 0 Å². The van der Waals surface area contributed by atoms with E-state index in [1.165, 1.54) is 0 Å². The molecule has 0 fully saturated rings. The maximum Gasteiger partial charge on any atom is 0.207 e. The van der Waals surface area contributed by atoms with Gasteiger partial charge in [-0.1, -0.05) is 103 Å². The number of sulfone groups is 1. The van der Waals surface area contributed by atoms with E-state index in [0.717, 1.165) is 33.4 Å². The van der Waals surface area contributed by atoms with E-state index < -0.39 is 9.84 Å². The minimum absolute atomic E-state index is 0.373. The largest absolute Gasteiger partial charge is 0.218 e. The molecule has 0 aliphatic carbocycles. The summed E-state index contributed by atoms with van der Waals surface area (Å²) < 4.78 is 26.3. The molecule has 1 aliphatic rings. The number of benzene rings is 4. The Balaban J connectivity index is 1.67. The summed E-state index contributed by atoms with van der Waals surface area (Å²) in [5.41, 5.74) is 5.53. The number of rotatable bonds is 4. The molecule has 0 amide bonds. The zero-order chi connectivity index (χ0) is 21.3. The molecule has 0 aromatic heterocycles. The summed E-state index contributed by atoms with van der Waals surface area (Å²) in [5, 5.41) is 0. The van der Waals surface area contributed by atoms with Gasteiger partial charge >= 0.3 is 0 Å². The summed E-state index contributed by atoms with van der Waals surface area (Å²) in [6, 6.07) is 31.1. The molecule has 2 nitrogen and oxygen atoms in total. The molecule has 150 valence electrons. The van der Waals surface area contributed by atoms with E-state index in [4.69, 9.17) is 0 Å². The Morgan fingerprint density at radius 1 is 0.484 bits per heavy atom. The average molecular weight is 421 g/mol. The van der Waals surface area contributed by atoms with Crippen molar-refractivity contribution in [2.24, 2.45) is 0 Å². The Morgan fingerprint density at radius 3 is 1.61 bits per heavy atom. The van der Waals surface area contributed by atoms with Crippen LogP contribution in [0.3, 0.4) is 0 Å². The third kappa shape index (κ3) is 3.65. The van der Waals surface area contributed by atoms with Crippen LogP contribution in [-0.2, 0) is 9.84 Å². The smallest absolute Gasteiger partial charge is 0.207 e. The normalized spacial score (nSPS) is 14.1. The lowest BCUT2D eigenvalue weighted by molar-refractivity contribution is 0.598. The van der Waals surface area contributed by atoms with E-state index in [-0.39, 0.29) is 0 Å². The molecule has 0 bridgehead atoms. The van der Waals surface area contributed by atoms with Crippen LogP contribution in [0, 0.1) is 0 Å². The predicted octanol–water partition coefficient (Wildman–Crippen LogP) is 6.84. The number of hydrogen-bond donors (Lipinski definition) is 0. The summed E-state index contributed by atoms with van der Waals surface area (Å²) in [6.45, 7) is 0. The van der Waals surface area contributed by atoms with Gasteiger partial charge in [-0.2, -0.15) is 0 Å². The molecule has 0 unspecified atom stereocenters. The van der Waals surface area contributed by atoms with E-state index in [1.807, 2.05) is 97.1 Å². The van der Waals surface area contributed by atoms with Gasteiger partial charge in [-0.25, -0.2) is 8.42 Å². The van der Waals surface area contributed by atoms with Gasteiger partial charge < -0.3 is 0 Å². The van der Waals surface area contributed by atoms with Crippen LogP contribution in [0.15, 0.2) is 107 Å². The van der Waals surface area contributed by atoms with Gasteiger partial charge in [-0.05, 0) is 40.5 Å². The molecule has 0 saturated heterocycles. The average Bonchev–Trinajstić information content (AvgIpc) is 3.04. The molecule has 0 spiro atoms. The molecular weight excluding hydrogens is 400 g/mol. The molecule has 5 rings (SSSR count).